The summed E-state index contributed by atoms with van der Waals surface area (Å²) in [5.41, 5.74) is 0. The van der Waals surface area contributed by atoms with Crippen LogP contribution in [0.5, 0.6) is 0 Å². The van der Waals surface area contributed by atoms with Gasteiger partial charge in [0.05, 0.1) is 69.4 Å². The van der Waals surface area contributed by atoms with Gasteiger partial charge in [0.25, 0.3) is 0 Å². The number of aliphatic carboxylic acids is 2. The average Bonchev–Trinajstić information content (AvgIpc) is 3.15. The molecule has 0 aromatic carbocycles. The minimum absolute atomic E-state index is 0. The average molecular weight is 977 g/mol. The lowest BCUT2D eigenvalue weighted by Gasteiger charge is -2.38. The van der Waals surface area contributed by atoms with Gasteiger partial charge in [-0.2, -0.15) is 25.3 Å². The smallest absolute Gasteiger partial charge is 0.397 e. The molecule has 0 spiro atoms. The molecule has 0 radical (unpaired) electrons. The van der Waals surface area contributed by atoms with Crippen LogP contribution in [0.25, 0.3) is 0 Å². The minimum atomic E-state index is -4.78. The Morgan fingerprint density at radius 1 is 0.677 bits per heavy atom. The van der Waals surface area contributed by atoms with Crippen molar-refractivity contribution in [1.29, 1.82) is 0 Å². The van der Waals surface area contributed by atoms with Crippen LogP contribution in [-0.2, 0) is 81.8 Å². The molecular weight excluding hydrogens is 913 g/mol. The van der Waals surface area contributed by atoms with Crippen molar-refractivity contribution in [1.82, 2.24) is 0 Å². The third-order valence-electron chi connectivity index (χ3n) is 8.19. The second kappa shape index (κ2) is 30.3. The Hall–Kier alpha value is -1.89. The first kappa shape index (κ1) is 64.4. The predicted molar refractivity (Wildman–Crippen MR) is 204 cm³/mol. The number of hydrogen-bond donors (Lipinski definition) is 8. The molecule has 3 heterocycles. The summed E-state index contributed by atoms with van der Waals surface area (Å²) >= 11 is 0. The highest BCUT2D eigenvalue weighted by atomic mass is 32.3. The fourth-order valence-corrected chi connectivity index (χ4v) is 6.01. The molecule has 8 N–H and O–H groups in total. The Morgan fingerprint density at radius 3 is 1.37 bits per heavy atom. The van der Waals surface area contributed by atoms with Crippen molar-refractivity contribution >= 4 is 43.1 Å². The number of methoxy groups -OCH3 is 2. The summed E-state index contributed by atoms with van der Waals surface area (Å²) in [4.78, 5) is 21.1. The number of carbonyl (C=O) groups excluding carboxylic acids is 2. The monoisotopic (exact) mass is 976 g/mol. The van der Waals surface area contributed by atoms with E-state index in [2.05, 4.69) is 17.3 Å². The van der Waals surface area contributed by atoms with E-state index < -0.39 is 136 Å². The zero-order chi connectivity index (χ0) is 48.2. The Balaban J connectivity index is -0.000000739. The lowest BCUT2D eigenvalue weighted by Crippen LogP contribution is -2.60. The van der Waals surface area contributed by atoms with E-state index in [9.17, 15) is 70.6 Å². The SMILES string of the molecule is C.CC.CC1COC(COS(=O)(=O)O)C(O)C1O.CC1COC(COS(=O)(=O)O)C(O)C1O.COC(C)C(OC(C)C)C(=O)[O-].COC1C(C(=O)[O-])OCC(OS(=O)(=O)O)C1O. The highest BCUT2D eigenvalue weighted by Crippen LogP contribution is 2.23. The predicted octanol–water partition coefficient (Wildman–Crippen LogP) is -4.95. The number of carboxylic acid groups (broad SMARTS) is 2. The molecule has 3 aliphatic rings. The molecule has 14 unspecified atom stereocenters. The van der Waals surface area contributed by atoms with Gasteiger partial charge in [0.2, 0.25) is 0 Å². The van der Waals surface area contributed by atoms with Gasteiger partial charge in [-0.25, -0.2) is 12.5 Å². The van der Waals surface area contributed by atoms with Crippen LogP contribution in [0.4, 0.5) is 0 Å². The number of rotatable bonds is 15. The second-order valence-corrected chi connectivity index (χ2v) is 16.5. The van der Waals surface area contributed by atoms with Crippen molar-refractivity contribution in [2.24, 2.45) is 11.8 Å². The van der Waals surface area contributed by atoms with Crippen LogP contribution in [0.1, 0.15) is 55.9 Å². The maximum Gasteiger partial charge on any atom is 0.397 e. The third kappa shape index (κ3) is 25.6. The number of ether oxygens (including phenoxy) is 6. The van der Waals surface area contributed by atoms with Gasteiger partial charge in [-0.3, -0.25) is 13.7 Å². The van der Waals surface area contributed by atoms with E-state index >= 15 is 0 Å². The van der Waals surface area contributed by atoms with E-state index in [1.165, 1.54) is 7.11 Å². The molecule has 3 rings (SSSR count). The molecule has 30 heteroatoms. The first-order chi connectivity index (χ1) is 27.9. The van der Waals surface area contributed by atoms with Gasteiger partial charge in [0.15, 0.2) is 0 Å². The number of hydrogen-bond acceptors (Lipinski definition) is 24. The highest BCUT2D eigenvalue weighted by Gasteiger charge is 2.43. The van der Waals surface area contributed by atoms with Crippen LogP contribution in [-0.4, -0.2) is 203 Å². The van der Waals surface area contributed by atoms with Gasteiger partial charge < -0.3 is 73.8 Å². The molecule has 0 aromatic heterocycles. The quantitative estimate of drug-likeness (QED) is 0.0713. The molecule has 27 nitrogen and oxygen atoms in total. The summed E-state index contributed by atoms with van der Waals surface area (Å²) < 4.78 is 129. The fraction of sp³-hybridized carbons (Fsp3) is 0.938. The molecular formula is C32H64O27S3-2. The van der Waals surface area contributed by atoms with Crippen molar-refractivity contribution < 1.29 is 125 Å². The first-order valence-corrected chi connectivity index (χ1v) is 22.2. The lowest BCUT2D eigenvalue weighted by molar-refractivity contribution is -0.328. The van der Waals surface area contributed by atoms with Crippen LogP contribution in [0.3, 0.4) is 0 Å². The molecule has 0 amide bonds. The maximum absolute atomic E-state index is 10.6. The Labute approximate surface area is 361 Å². The van der Waals surface area contributed by atoms with E-state index in [4.69, 9.17) is 37.3 Å². The number of aliphatic hydroxyl groups is 5. The molecule has 374 valence electrons. The van der Waals surface area contributed by atoms with Crippen molar-refractivity contribution in [3.8, 4) is 0 Å². The molecule has 62 heavy (non-hydrogen) atoms. The fourth-order valence-electron chi connectivity index (χ4n) is 4.92. The standard InChI is InChI=1S/C8H16O4.C7H12O9S.2C7H14O7S.C2H6.CH4/c1-5(2)12-7(8(9)10)6(3)11-4;1-14-5-4(8)3(16-17(11,12)13)2-15-6(5)7(9)10;2*1-4-2-13-5(7(9)6(4)8)3-14-15(10,11)12;1-2;/h5-7H,1-4H3,(H,9,10);3-6,8H,2H2,1H3,(H,9,10)(H,11,12,13);2*4-9H,2-3H2,1H3,(H,10,11,12);1-2H3;1H4/p-2. The first-order valence-electron chi connectivity index (χ1n) is 18.1. The highest BCUT2D eigenvalue weighted by molar-refractivity contribution is 7.81. The van der Waals surface area contributed by atoms with Gasteiger partial charge >= 0.3 is 31.2 Å². The van der Waals surface area contributed by atoms with E-state index in [0.29, 0.717) is 0 Å². The van der Waals surface area contributed by atoms with Crippen LogP contribution in [0.2, 0.25) is 0 Å². The summed E-state index contributed by atoms with van der Waals surface area (Å²) in [5.74, 6) is -3.32. The number of carboxylic acids is 2. The maximum atomic E-state index is 10.6. The lowest BCUT2D eigenvalue weighted by atomic mass is 9.94. The van der Waals surface area contributed by atoms with Gasteiger partial charge in [0.1, 0.15) is 54.9 Å². The van der Waals surface area contributed by atoms with Crippen molar-refractivity contribution in [2.45, 2.75) is 135 Å². The third-order valence-corrected chi connectivity index (χ3v) is 9.55. The molecule has 3 fully saturated rings. The zero-order valence-electron chi connectivity index (χ0n) is 34.8. The Bertz CT molecular complexity index is 1520. The van der Waals surface area contributed by atoms with Crippen LogP contribution in [0.15, 0.2) is 0 Å². The molecule has 3 aliphatic heterocycles. The van der Waals surface area contributed by atoms with Gasteiger partial charge in [-0.1, -0.05) is 35.1 Å². The summed E-state index contributed by atoms with van der Waals surface area (Å²) in [6, 6.07) is 0. The topological polar surface area (TPSA) is 428 Å². The van der Waals surface area contributed by atoms with Crippen molar-refractivity contribution in [3.63, 3.8) is 0 Å². The summed E-state index contributed by atoms with van der Waals surface area (Å²) in [6.07, 6.45) is -13.9. The molecule has 3 saturated heterocycles. The molecule has 0 saturated carbocycles. The molecule has 0 aromatic rings. The minimum Gasteiger partial charge on any atom is -0.547 e. The normalized spacial score (nSPS) is 31.0. The van der Waals surface area contributed by atoms with Crippen LogP contribution in [0, 0.1) is 11.8 Å². The van der Waals surface area contributed by atoms with Crippen LogP contribution < -0.4 is 10.2 Å². The molecule has 0 aliphatic carbocycles. The zero-order valence-corrected chi connectivity index (χ0v) is 37.2. The van der Waals surface area contributed by atoms with E-state index in [1.54, 1.807) is 34.6 Å². The van der Waals surface area contributed by atoms with Gasteiger partial charge in [-0.15, -0.1) is 0 Å². The number of aliphatic hydroxyl groups excluding tert-OH is 5. The number of carbonyl (C=O) groups is 2. The Morgan fingerprint density at radius 2 is 1.08 bits per heavy atom. The van der Waals surface area contributed by atoms with Crippen molar-refractivity contribution in [2.75, 3.05) is 47.3 Å². The molecule has 0 bridgehead atoms. The molecule has 14 atom stereocenters. The van der Waals surface area contributed by atoms with Gasteiger partial charge in [-0.05, 0) is 20.8 Å². The van der Waals surface area contributed by atoms with Crippen molar-refractivity contribution in [3.05, 3.63) is 0 Å². The van der Waals surface area contributed by atoms with E-state index in [1.807, 2.05) is 13.8 Å². The largest absolute Gasteiger partial charge is 0.547 e. The van der Waals surface area contributed by atoms with E-state index in [0.717, 1.165) is 7.11 Å². The summed E-state index contributed by atoms with van der Waals surface area (Å²) in [5, 5.41) is 68.6. The Kier molecular flexibility index (Phi) is 31.5. The van der Waals surface area contributed by atoms with Crippen LogP contribution >= 0.6 is 0 Å². The summed E-state index contributed by atoms with van der Waals surface area (Å²) in [6.45, 7) is 11.3. The second-order valence-electron chi connectivity index (χ2n) is 13.3. The summed E-state index contributed by atoms with van der Waals surface area (Å²) in [7, 11) is -11.4. The van der Waals surface area contributed by atoms with E-state index in [-0.39, 0.29) is 38.6 Å². The van der Waals surface area contributed by atoms with Gasteiger partial charge in [0, 0.05) is 26.1 Å².